The predicted octanol–water partition coefficient (Wildman–Crippen LogP) is 5.18. The molecule has 0 aromatic heterocycles. The van der Waals surface area contributed by atoms with Crippen LogP contribution in [-0.4, -0.2) is 47.3 Å². The Morgan fingerprint density at radius 3 is 2.52 bits per heavy atom. The normalized spacial score (nSPS) is 16.3. The molecule has 9 heteroatoms. The van der Waals surface area contributed by atoms with E-state index in [4.69, 9.17) is 14.6 Å². The summed E-state index contributed by atoms with van der Waals surface area (Å²) in [5, 5.41) is 9.58. The van der Waals surface area contributed by atoms with E-state index in [1.54, 1.807) is 36.3 Å². The number of thioether (sulfide) groups is 1. The first-order valence-electron chi connectivity index (χ1n) is 9.51. The highest BCUT2D eigenvalue weighted by Crippen LogP contribution is 2.38. The van der Waals surface area contributed by atoms with Crippen molar-refractivity contribution >= 4 is 56.5 Å². The largest absolute Gasteiger partial charge is 0.493 e. The maximum atomic E-state index is 12.9. The van der Waals surface area contributed by atoms with Crippen molar-refractivity contribution in [3.05, 3.63) is 56.9 Å². The molecule has 0 bridgehead atoms. The number of hydrogen-bond donors (Lipinski definition) is 1. The molecule has 0 radical (unpaired) electrons. The smallest absolute Gasteiger partial charge is 0.335 e. The third-order valence-electron chi connectivity index (χ3n) is 4.41. The highest BCUT2D eigenvalue weighted by Gasteiger charge is 2.32. The van der Waals surface area contributed by atoms with Crippen LogP contribution in [0.3, 0.4) is 0 Å². The van der Waals surface area contributed by atoms with Gasteiger partial charge in [-0.2, -0.15) is 0 Å². The summed E-state index contributed by atoms with van der Waals surface area (Å²) in [7, 11) is 1.57. The van der Waals surface area contributed by atoms with Gasteiger partial charge in [-0.15, -0.1) is 0 Å². The molecule has 31 heavy (non-hydrogen) atoms. The first-order valence-corrected chi connectivity index (χ1v) is 11.1. The molecule has 1 fully saturated rings. The maximum Gasteiger partial charge on any atom is 0.335 e. The summed E-state index contributed by atoms with van der Waals surface area (Å²) in [6.07, 6.45) is 1.79. The summed E-state index contributed by atoms with van der Waals surface area (Å²) < 4.78 is 11.8. The SMILES string of the molecule is CCOc1cc(C=C2SC(=Nc3ccc(C(=O)O)cc3)N(CC)C2=O)c(Br)cc1OC. The Morgan fingerprint density at radius 2 is 1.94 bits per heavy atom. The fourth-order valence-electron chi connectivity index (χ4n) is 2.89. The number of aliphatic imine (C=N–C) groups is 1. The zero-order valence-corrected chi connectivity index (χ0v) is 19.6. The lowest BCUT2D eigenvalue weighted by Crippen LogP contribution is -2.28. The highest BCUT2D eigenvalue weighted by atomic mass is 79.9. The predicted molar refractivity (Wildman–Crippen MR) is 125 cm³/mol. The molecule has 0 aliphatic carbocycles. The summed E-state index contributed by atoms with van der Waals surface area (Å²) in [5.74, 6) is 0.0503. The molecule has 1 aliphatic heterocycles. The molecule has 1 saturated heterocycles. The molecule has 0 atom stereocenters. The van der Waals surface area contributed by atoms with E-state index in [2.05, 4.69) is 20.9 Å². The Kier molecular flexibility index (Phi) is 7.40. The Balaban J connectivity index is 1.95. The van der Waals surface area contributed by atoms with Crippen LogP contribution in [0.25, 0.3) is 6.08 Å². The van der Waals surface area contributed by atoms with Crippen molar-refractivity contribution in [3.63, 3.8) is 0 Å². The first kappa shape index (κ1) is 22.9. The van der Waals surface area contributed by atoms with Gasteiger partial charge in [-0.1, -0.05) is 15.9 Å². The molecule has 2 aromatic carbocycles. The van der Waals surface area contributed by atoms with Crippen molar-refractivity contribution in [3.8, 4) is 11.5 Å². The Labute approximate surface area is 192 Å². The molecule has 0 unspecified atom stereocenters. The average Bonchev–Trinajstić information content (AvgIpc) is 3.04. The summed E-state index contributed by atoms with van der Waals surface area (Å²) in [5.41, 5.74) is 1.54. The Hall–Kier alpha value is -2.78. The summed E-state index contributed by atoms with van der Waals surface area (Å²) in [4.78, 5) is 30.6. The van der Waals surface area contributed by atoms with Gasteiger partial charge in [0.25, 0.3) is 5.91 Å². The zero-order valence-electron chi connectivity index (χ0n) is 17.2. The van der Waals surface area contributed by atoms with Crippen molar-refractivity contribution in [2.45, 2.75) is 13.8 Å². The van der Waals surface area contributed by atoms with Gasteiger partial charge in [0, 0.05) is 11.0 Å². The van der Waals surface area contributed by atoms with E-state index < -0.39 is 5.97 Å². The van der Waals surface area contributed by atoms with E-state index in [9.17, 15) is 9.59 Å². The second kappa shape index (κ2) is 10.0. The number of ether oxygens (including phenoxy) is 2. The number of carbonyl (C=O) groups excluding carboxylic acids is 1. The van der Waals surface area contributed by atoms with Gasteiger partial charge in [-0.05, 0) is 73.6 Å². The molecular formula is C22H21BrN2O5S. The minimum atomic E-state index is -0.999. The number of carboxylic acid groups (broad SMARTS) is 1. The van der Waals surface area contributed by atoms with Crippen molar-refractivity contribution in [1.29, 1.82) is 0 Å². The van der Waals surface area contributed by atoms with Crippen LogP contribution in [0.15, 0.2) is 50.8 Å². The number of nitrogens with zero attached hydrogens (tertiary/aromatic N) is 2. The highest BCUT2D eigenvalue weighted by molar-refractivity contribution is 9.10. The number of amides is 1. The van der Waals surface area contributed by atoms with Crippen molar-refractivity contribution in [1.82, 2.24) is 4.90 Å². The monoisotopic (exact) mass is 504 g/mol. The minimum Gasteiger partial charge on any atom is -0.493 e. The van der Waals surface area contributed by atoms with Crippen LogP contribution < -0.4 is 9.47 Å². The van der Waals surface area contributed by atoms with Crippen LogP contribution in [0.1, 0.15) is 29.8 Å². The molecule has 7 nitrogen and oxygen atoms in total. The van der Waals surface area contributed by atoms with Crippen molar-refractivity contribution < 1.29 is 24.2 Å². The molecular weight excluding hydrogens is 484 g/mol. The minimum absolute atomic E-state index is 0.144. The average molecular weight is 505 g/mol. The lowest BCUT2D eigenvalue weighted by Gasteiger charge is -2.12. The van der Waals surface area contributed by atoms with E-state index in [1.165, 1.54) is 23.9 Å². The second-order valence-corrected chi connectivity index (χ2v) is 8.23. The van der Waals surface area contributed by atoms with E-state index in [-0.39, 0.29) is 11.5 Å². The Morgan fingerprint density at radius 1 is 1.23 bits per heavy atom. The van der Waals surface area contributed by atoms with Gasteiger partial charge in [0.05, 0.1) is 29.9 Å². The number of rotatable bonds is 7. The van der Waals surface area contributed by atoms with Crippen LogP contribution in [-0.2, 0) is 4.79 Å². The summed E-state index contributed by atoms with van der Waals surface area (Å²) in [6.45, 7) is 4.72. The van der Waals surface area contributed by atoms with Gasteiger partial charge in [0.2, 0.25) is 0 Å². The van der Waals surface area contributed by atoms with Gasteiger partial charge < -0.3 is 14.6 Å². The number of methoxy groups -OCH3 is 1. The standard InChI is InChI=1S/C22H21BrN2O5S/c1-4-25-20(26)19(11-14-10-18(30-5-2)17(29-3)12-16(14)23)31-22(25)24-15-8-6-13(7-9-15)21(27)28/h6-12H,4-5H2,1-3H3,(H,27,28). The third-order valence-corrected chi connectivity index (χ3v) is 6.11. The maximum absolute atomic E-state index is 12.9. The second-order valence-electron chi connectivity index (χ2n) is 6.36. The number of aromatic carboxylic acids is 1. The summed E-state index contributed by atoms with van der Waals surface area (Å²) in [6, 6.07) is 9.83. The van der Waals surface area contributed by atoms with Crippen LogP contribution in [0.4, 0.5) is 5.69 Å². The van der Waals surface area contributed by atoms with Gasteiger partial charge in [-0.3, -0.25) is 9.69 Å². The lowest BCUT2D eigenvalue weighted by atomic mass is 10.2. The Bertz CT molecular complexity index is 1070. The molecule has 0 spiro atoms. The fourth-order valence-corrected chi connectivity index (χ4v) is 4.38. The topological polar surface area (TPSA) is 88.4 Å². The molecule has 2 aromatic rings. The van der Waals surface area contributed by atoms with Gasteiger partial charge in [0.15, 0.2) is 16.7 Å². The van der Waals surface area contributed by atoms with E-state index in [0.717, 1.165) is 10.0 Å². The molecule has 0 saturated carbocycles. The van der Waals surface area contributed by atoms with E-state index in [1.807, 2.05) is 19.9 Å². The molecule has 1 N–H and O–H groups in total. The van der Waals surface area contributed by atoms with Crippen LogP contribution in [0.2, 0.25) is 0 Å². The van der Waals surface area contributed by atoms with Gasteiger partial charge >= 0.3 is 5.97 Å². The van der Waals surface area contributed by atoms with E-state index >= 15 is 0 Å². The quantitative estimate of drug-likeness (QED) is 0.522. The first-order chi connectivity index (χ1) is 14.9. The summed E-state index contributed by atoms with van der Waals surface area (Å²) >= 11 is 4.80. The zero-order chi connectivity index (χ0) is 22.5. The third kappa shape index (κ3) is 5.11. The number of carboxylic acids is 1. The molecule has 162 valence electrons. The number of benzene rings is 2. The number of hydrogen-bond acceptors (Lipinski definition) is 6. The molecule has 3 rings (SSSR count). The van der Waals surface area contributed by atoms with Gasteiger partial charge in [-0.25, -0.2) is 9.79 Å². The number of halogens is 1. The lowest BCUT2D eigenvalue weighted by molar-refractivity contribution is -0.122. The van der Waals surface area contributed by atoms with Crippen molar-refractivity contribution in [2.75, 3.05) is 20.3 Å². The van der Waals surface area contributed by atoms with E-state index in [0.29, 0.717) is 40.4 Å². The fraction of sp³-hybridized carbons (Fsp3) is 0.227. The van der Waals surface area contributed by atoms with Crippen molar-refractivity contribution in [2.24, 2.45) is 4.99 Å². The molecule has 1 amide bonds. The molecule has 1 aliphatic rings. The number of amidine groups is 1. The number of carbonyl (C=O) groups is 2. The van der Waals surface area contributed by atoms with Crippen LogP contribution >= 0.6 is 27.7 Å². The van der Waals surface area contributed by atoms with Crippen LogP contribution in [0, 0.1) is 0 Å². The van der Waals surface area contributed by atoms with Crippen LogP contribution in [0.5, 0.6) is 11.5 Å². The number of likely N-dealkylation sites (N-methyl/N-ethyl adjacent to an activating group) is 1. The van der Waals surface area contributed by atoms with Gasteiger partial charge in [0.1, 0.15) is 0 Å². The molecule has 1 heterocycles.